The van der Waals surface area contributed by atoms with Crippen LogP contribution in [0.5, 0.6) is 5.75 Å². The predicted molar refractivity (Wildman–Crippen MR) is 78.3 cm³/mol. The van der Waals surface area contributed by atoms with Crippen LogP contribution in [0.1, 0.15) is 11.7 Å². The summed E-state index contributed by atoms with van der Waals surface area (Å²) in [4.78, 5) is 0. The minimum atomic E-state index is -1.13. The van der Waals surface area contributed by atoms with Crippen LogP contribution in [0.15, 0.2) is 36.4 Å². The first kappa shape index (κ1) is 15.4. The Labute approximate surface area is 130 Å². The molecule has 1 N–H and O–H groups in total. The number of halogens is 4. The highest BCUT2D eigenvalue weighted by Gasteiger charge is 2.15. The maximum atomic E-state index is 13.5. The molecule has 0 saturated heterocycles. The Morgan fingerprint density at radius 3 is 2.30 bits per heavy atom. The molecule has 0 heterocycles. The van der Waals surface area contributed by atoms with E-state index in [4.69, 9.17) is 39.5 Å². The van der Waals surface area contributed by atoms with Crippen molar-refractivity contribution >= 4 is 34.8 Å². The van der Waals surface area contributed by atoms with Gasteiger partial charge in [-0.15, -0.1) is 0 Å². The summed E-state index contributed by atoms with van der Waals surface area (Å²) in [5.41, 5.74) is 0.147. The van der Waals surface area contributed by atoms with Crippen molar-refractivity contribution in [2.75, 3.05) is 6.61 Å². The third-order valence-electron chi connectivity index (χ3n) is 2.61. The van der Waals surface area contributed by atoms with Gasteiger partial charge in [-0.2, -0.15) is 0 Å². The van der Waals surface area contributed by atoms with Gasteiger partial charge in [0, 0.05) is 10.6 Å². The van der Waals surface area contributed by atoms with Crippen LogP contribution in [-0.2, 0) is 0 Å². The van der Waals surface area contributed by atoms with Crippen molar-refractivity contribution < 1.29 is 14.2 Å². The molecule has 6 heteroatoms. The number of hydrogen-bond acceptors (Lipinski definition) is 2. The van der Waals surface area contributed by atoms with Crippen molar-refractivity contribution in [3.8, 4) is 5.75 Å². The van der Waals surface area contributed by atoms with Crippen LogP contribution >= 0.6 is 34.8 Å². The number of aliphatic hydroxyl groups is 1. The van der Waals surface area contributed by atoms with Gasteiger partial charge in [0.1, 0.15) is 18.5 Å². The number of benzene rings is 2. The van der Waals surface area contributed by atoms with Crippen LogP contribution in [0.3, 0.4) is 0 Å². The second kappa shape index (κ2) is 6.64. The lowest BCUT2D eigenvalue weighted by Gasteiger charge is -2.15. The fourth-order valence-corrected chi connectivity index (χ4v) is 2.59. The summed E-state index contributed by atoms with van der Waals surface area (Å²) < 4.78 is 18.8. The molecule has 2 aromatic carbocycles. The van der Waals surface area contributed by atoms with Gasteiger partial charge in [-0.05, 0) is 18.2 Å². The molecule has 0 aliphatic rings. The lowest BCUT2D eigenvalue weighted by molar-refractivity contribution is 0.105. The zero-order valence-corrected chi connectivity index (χ0v) is 12.4. The molecule has 20 heavy (non-hydrogen) atoms. The zero-order valence-electron chi connectivity index (χ0n) is 10.1. The molecule has 1 unspecified atom stereocenters. The van der Waals surface area contributed by atoms with Gasteiger partial charge < -0.3 is 9.84 Å². The summed E-state index contributed by atoms with van der Waals surface area (Å²) in [6, 6.07) is 8.86. The van der Waals surface area contributed by atoms with Gasteiger partial charge in [0.25, 0.3) is 0 Å². The Morgan fingerprint density at radius 2 is 1.70 bits per heavy atom. The molecule has 0 aliphatic heterocycles. The molecule has 0 radical (unpaired) electrons. The summed E-state index contributed by atoms with van der Waals surface area (Å²) >= 11 is 17.7. The van der Waals surface area contributed by atoms with Crippen LogP contribution in [0, 0.1) is 5.82 Å². The average Bonchev–Trinajstić information content (AvgIpc) is 2.37. The fraction of sp³-hybridized carbons (Fsp3) is 0.143. The molecule has 0 aromatic heterocycles. The molecule has 2 aromatic rings. The second-order valence-corrected chi connectivity index (χ2v) is 5.30. The summed E-state index contributed by atoms with van der Waals surface area (Å²) in [5.74, 6) is -0.301. The molecule has 106 valence electrons. The van der Waals surface area contributed by atoms with Gasteiger partial charge in [0.15, 0.2) is 5.75 Å². The topological polar surface area (TPSA) is 29.5 Å². The average molecular weight is 336 g/mol. The summed E-state index contributed by atoms with van der Waals surface area (Å²) in [5, 5.41) is 10.7. The largest absolute Gasteiger partial charge is 0.487 e. The van der Waals surface area contributed by atoms with Gasteiger partial charge in [-0.1, -0.05) is 53.0 Å². The van der Waals surface area contributed by atoms with Crippen LogP contribution in [0.25, 0.3) is 0 Å². The first-order chi connectivity index (χ1) is 9.49. The third kappa shape index (κ3) is 3.55. The molecule has 0 saturated carbocycles. The van der Waals surface area contributed by atoms with Crippen molar-refractivity contribution in [2.45, 2.75) is 6.10 Å². The van der Waals surface area contributed by atoms with Gasteiger partial charge in [-0.3, -0.25) is 0 Å². The second-order valence-electron chi connectivity index (χ2n) is 4.05. The highest BCUT2D eigenvalue weighted by atomic mass is 35.5. The normalized spacial score (nSPS) is 12.2. The van der Waals surface area contributed by atoms with Crippen molar-refractivity contribution in [3.05, 3.63) is 62.8 Å². The quantitative estimate of drug-likeness (QED) is 0.861. The monoisotopic (exact) mass is 334 g/mol. The molecule has 0 amide bonds. The Morgan fingerprint density at radius 1 is 1.10 bits per heavy atom. The van der Waals surface area contributed by atoms with Crippen molar-refractivity contribution in [3.63, 3.8) is 0 Å². The van der Waals surface area contributed by atoms with Gasteiger partial charge in [0.05, 0.1) is 10.0 Å². The smallest absolute Gasteiger partial charge is 0.156 e. The maximum Gasteiger partial charge on any atom is 0.156 e. The Hall–Kier alpha value is -1.00. The number of ether oxygens (including phenoxy) is 1. The van der Waals surface area contributed by atoms with Crippen molar-refractivity contribution in [2.24, 2.45) is 0 Å². The third-order valence-corrected chi connectivity index (χ3v) is 3.39. The maximum absolute atomic E-state index is 13.5. The van der Waals surface area contributed by atoms with Crippen LogP contribution in [0.2, 0.25) is 15.1 Å². The van der Waals surface area contributed by atoms with Gasteiger partial charge in [0.2, 0.25) is 0 Å². The minimum Gasteiger partial charge on any atom is -0.487 e. The molecule has 0 spiro atoms. The standard InChI is InChI=1S/C14H10Cl3FO2/c15-8-5-10(16)14(11(17)6-8)20-7-13(19)9-3-1-2-4-12(9)18/h1-6,13,19H,7H2. The molecule has 1 atom stereocenters. The van der Waals surface area contributed by atoms with Crippen molar-refractivity contribution in [1.82, 2.24) is 0 Å². The summed E-state index contributed by atoms with van der Waals surface area (Å²) in [6.07, 6.45) is -1.13. The Bertz CT molecular complexity index is 596. The lowest BCUT2D eigenvalue weighted by atomic mass is 10.1. The molecule has 0 fully saturated rings. The first-order valence-electron chi connectivity index (χ1n) is 5.69. The van der Waals surface area contributed by atoms with Crippen LogP contribution in [0.4, 0.5) is 4.39 Å². The zero-order chi connectivity index (χ0) is 14.7. The Balaban J connectivity index is 2.12. The van der Waals surface area contributed by atoms with Crippen LogP contribution < -0.4 is 4.74 Å². The molecule has 0 bridgehead atoms. The van der Waals surface area contributed by atoms with E-state index in [2.05, 4.69) is 0 Å². The van der Waals surface area contributed by atoms with E-state index in [0.29, 0.717) is 5.02 Å². The van der Waals surface area contributed by atoms with E-state index in [1.807, 2.05) is 0 Å². The molecule has 0 aliphatic carbocycles. The molecular weight excluding hydrogens is 326 g/mol. The van der Waals surface area contributed by atoms with E-state index >= 15 is 0 Å². The number of aliphatic hydroxyl groups excluding tert-OH is 1. The lowest BCUT2D eigenvalue weighted by Crippen LogP contribution is -2.11. The number of hydrogen-bond donors (Lipinski definition) is 1. The Kier molecular flexibility index (Phi) is 5.11. The highest BCUT2D eigenvalue weighted by Crippen LogP contribution is 2.36. The van der Waals surface area contributed by atoms with E-state index in [1.165, 1.54) is 24.3 Å². The fourth-order valence-electron chi connectivity index (χ4n) is 1.66. The summed E-state index contributed by atoms with van der Waals surface area (Å²) in [7, 11) is 0. The molecule has 2 nitrogen and oxygen atoms in total. The van der Waals surface area contributed by atoms with Gasteiger partial charge in [-0.25, -0.2) is 4.39 Å². The van der Waals surface area contributed by atoms with E-state index in [-0.39, 0.29) is 28.0 Å². The first-order valence-corrected chi connectivity index (χ1v) is 6.82. The van der Waals surface area contributed by atoms with E-state index in [1.54, 1.807) is 12.1 Å². The van der Waals surface area contributed by atoms with E-state index in [9.17, 15) is 9.50 Å². The predicted octanol–water partition coefficient (Wildman–Crippen LogP) is 4.90. The van der Waals surface area contributed by atoms with Crippen molar-refractivity contribution in [1.29, 1.82) is 0 Å². The summed E-state index contributed by atoms with van der Waals surface area (Å²) in [6.45, 7) is -0.179. The van der Waals surface area contributed by atoms with Crippen LogP contribution in [-0.4, -0.2) is 11.7 Å². The molecule has 2 rings (SSSR count). The molecular formula is C14H10Cl3FO2. The highest BCUT2D eigenvalue weighted by molar-refractivity contribution is 6.40. The van der Waals surface area contributed by atoms with E-state index in [0.717, 1.165) is 0 Å². The minimum absolute atomic E-state index is 0.147. The van der Waals surface area contributed by atoms with E-state index < -0.39 is 11.9 Å². The van der Waals surface area contributed by atoms with Gasteiger partial charge >= 0.3 is 0 Å². The SMILES string of the molecule is OC(COc1c(Cl)cc(Cl)cc1Cl)c1ccccc1F. The number of rotatable bonds is 4.